The van der Waals surface area contributed by atoms with E-state index in [1.54, 1.807) is 104 Å². The fraction of sp³-hybridized carbons (Fsp3) is 0.231. The minimum Gasteiger partial charge on any atom is -0.443 e. The van der Waals surface area contributed by atoms with Gasteiger partial charge in [0.1, 0.15) is 82.3 Å². The number of aryl methyl sites for hydroxylation is 8. The van der Waals surface area contributed by atoms with Gasteiger partial charge in [0, 0.05) is 175 Å². The average Bonchev–Trinajstić information content (AvgIpc) is 1.64. The van der Waals surface area contributed by atoms with Gasteiger partial charge in [-0.05, 0) is 120 Å². The summed E-state index contributed by atoms with van der Waals surface area (Å²) >= 11 is 7.34. The van der Waals surface area contributed by atoms with E-state index >= 15 is 0 Å². The number of halogens is 1. The summed E-state index contributed by atoms with van der Waals surface area (Å²) < 4.78 is 62.4. The molecule has 0 fully saturated rings. The van der Waals surface area contributed by atoms with Crippen molar-refractivity contribution < 1.29 is 139 Å². The van der Waals surface area contributed by atoms with Crippen LogP contribution in [0.4, 0.5) is 23.3 Å². The molecule has 38 nitrogen and oxygen atoms in total. The molecule has 44 heteroatoms. The maximum Gasteiger partial charge on any atom is 0.246 e. The summed E-state index contributed by atoms with van der Waals surface area (Å²) in [7, 11) is 9.74. The summed E-state index contributed by atoms with van der Waals surface area (Å²) in [6, 6.07) is 32.9. The van der Waals surface area contributed by atoms with Crippen LogP contribution >= 0.6 is 11.6 Å². The standard InChI is InChI=1S/2C25H25N7O3.C19H19ClN6O3.C16H15N7O.C6H6N.B.Sn.3U/c2*1-15-6-5-9-26-19(15)13-21-29-24-23(28-14-17-7-8-18(33-3)12-20(17)34-4)30-22(16(2)32(24)31-21)25-27-10-11-35-25;1-11-16(19-21-6-7-29-19)24-17(18-23-15(9-20)25-26(11)18)22-10-12-4-5-13(27-2)8-14(12)28-3;1-9-4-3-5-18-11(9)8-12-20-15-14(17)21-13(10(2)23(15)22-12)16-19-6-7-24-16;1-6-3-2-4-7-5-6;;;;;/h2*5-12H,13-14H2,1-4H3,(H,28,30);4-8H,9-10H2,1-3H3,(H,22,24);3-7H,8H2,1-2H3,(H2,17,21);2-4H,1H3;;;;;. The Hall–Kier alpha value is -12.4. The van der Waals surface area contributed by atoms with Crippen LogP contribution in [-0.2, 0) is 44.8 Å². The Morgan fingerprint density at radius 1 is 0.348 bits per heavy atom. The third kappa shape index (κ3) is 24.3. The molecule has 16 aromatic heterocycles. The Morgan fingerprint density at radius 2 is 0.637 bits per heavy atom. The summed E-state index contributed by atoms with van der Waals surface area (Å²) in [5.74, 6) is 10.5. The van der Waals surface area contributed by atoms with Gasteiger partial charge in [-0.2, -0.15) is 15.3 Å². The normalized spacial score (nSPS) is 10.7. The van der Waals surface area contributed by atoms with Crippen molar-refractivity contribution in [2.45, 2.75) is 100 Å². The van der Waals surface area contributed by atoms with Crippen LogP contribution in [0.15, 0.2) is 195 Å². The van der Waals surface area contributed by atoms with Gasteiger partial charge in [0.25, 0.3) is 0 Å². The number of methoxy groups -OCH3 is 6. The molecule has 0 aliphatic rings. The molecule has 680 valence electrons. The number of nitrogen functional groups attached to an aromatic ring is 1. The zero-order valence-corrected chi connectivity index (χ0v) is 92.1. The Labute approximate surface area is 866 Å². The van der Waals surface area contributed by atoms with Gasteiger partial charge in [-0.3, -0.25) is 15.0 Å². The summed E-state index contributed by atoms with van der Waals surface area (Å²) in [6.45, 7) is 17.1. The first-order valence-electron chi connectivity index (χ1n) is 40.9. The minimum atomic E-state index is 0. The molecule has 135 heavy (non-hydrogen) atoms. The fourth-order valence-corrected chi connectivity index (χ4v) is 14.3. The first kappa shape index (κ1) is 103. The maximum absolute atomic E-state index is 6.05. The van der Waals surface area contributed by atoms with Crippen molar-refractivity contribution in [2.75, 3.05) is 64.3 Å². The van der Waals surface area contributed by atoms with E-state index in [1.807, 2.05) is 152 Å². The Balaban J connectivity index is 0.000000168. The van der Waals surface area contributed by atoms with Crippen molar-refractivity contribution in [3.05, 3.63) is 280 Å². The quantitative estimate of drug-likeness (QED) is 0.0289. The van der Waals surface area contributed by atoms with Gasteiger partial charge in [-0.1, -0.05) is 18.2 Å². The average molecular weight is 2610 g/mol. The molecule has 19 rings (SSSR count). The molecular weight excluding hydrogens is 2520 g/mol. The van der Waals surface area contributed by atoms with Crippen LogP contribution in [0, 0.1) is 149 Å². The number of benzene rings is 3. The molecule has 19 aromatic rings. The van der Waals surface area contributed by atoms with Crippen LogP contribution in [0.5, 0.6) is 34.5 Å². The van der Waals surface area contributed by atoms with E-state index in [2.05, 4.69) is 94.0 Å². The van der Waals surface area contributed by atoms with Gasteiger partial charge in [0.15, 0.2) is 69.2 Å². The molecule has 0 amide bonds. The van der Waals surface area contributed by atoms with Gasteiger partial charge in [-0.15, -0.1) is 16.7 Å². The minimum absolute atomic E-state index is 0. The van der Waals surface area contributed by atoms with Crippen molar-refractivity contribution in [1.82, 2.24) is 118 Å². The number of oxazole rings is 4. The molecule has 3 aromatic carbocycles. The van der Waals surface area contributed by atoms with E-state index in [0.29, 0.717) is 166 Å². The molecule has 0 saturated heterocycles. The van der Waals surface area contributed by atoms with Gasteiger partial charge >= 0.3 is 62.0 Å². The van der Waals surface area contributed by atoms with Crippen LogP contribution in [0.1, 0.15) is 102 Å². The second-order valence-corrected chi connectivity index (χ2v) is 30.9. The maximum atomic E-state index is 6.05. The number of nitrogens with two attached hydrogens (primary N) is 1. The van der Waals surface area contributed by atoms with Crippen LogP contribution in [0.3, 0.4) is 0 Å². The largest absolute Gasteiger partial charge is 0.443 e. The molecule has 0 aliphatic carbocycles. The number of nitrogens with one attached hydrogen (secondary N) is 3. The molecule has 5 N–H and O–H groups in total. The molecule has 16 heterocycles. The Bertz CT molecular complexity index is 6930. The van der Waals surface area contributed by atoms with Crippen molar-refractivity contribution >= 4 is 92.1 Å². The zero-order chi connectivity index (χ0) is 91.8. The molecule has 0 saturated carbocycles. The number of alkyl halides is 1. The number of fused-ring (bicyclic) bond motifs is 4. The molecular formula is C91H90BClN28O10SnU3. The molecule has 6 radical (unpaired) electrons. The molecule has 0 bridgehead atoms. The van der Waals surface area contributed by atoms with Gasteiger partial charge in [-0.25, -0.2) is 77.9 Å². The summed E-state index contributed by atoms with van der Waals surface area (Å²) in [5.41, 5.74) is 23.9. The van der Waals surface area contributed by atoms with Crippen LogP contribution in [-0.4, -0.2) is 192 Å². The van der Waals surface area contributed by atoms with Crippen molar-refractivity contribution in [3.8, 4) is 80.8 Å². The van der Waals surface area contributed by atoms with Crippen LogP contribution < -0.4 is 53.8 Å². The number of pyridine rings is 4. The number of aromatic nitrogens is 24. The summed E-state index contributed by atoms with van der Waals surface area (Å²) in [6.07, 6.45) is 21.0. The first-order chi connectivity index (χ1) is 63.7. The summed E-state index contributed by atoms with van der Waals surface area (Å²) in [4.78, 5) is 71.7. The van der Waals surface area contributed by atoms with E-state index < -0.39 is 0 Å². The zero-order valence-electron chi connectivity index (χ0n) is 76.0. The first-order valence-corrected chi connectivity index (χ1v) is 42.8. The number of hydrogen-bond acceptors (Lipinski definition) is 34. The smallest absolute Gasteiger partial charge is 0.246 e. The van der Waals surface area contributed by atoms with E-state index in [4.69, 9.17) is 98.5 Å². The van der Waals surface area contributed by atoms with E-state index in [9.17, 15) is 0 Å². The second-order valence-electron chi connectivity index (χ2n) is 29.2. The SMILES string of the molecule is COc1ccc(CNc2nc(-c3ncco3)c(C)n3nc(CCl)nc23)c(OC)c1.COc1ccc(CNc2nc(-c3ncco3)c(C)n3nc(Cc4ncccc4C)nc23)c(OC)c1.COc1ccc(CNc2nc(-c3ncco3)c(C)n3nc(Cc4ncccc4C)nc23)c(OC)c1.Cc1cccn[c]1[Sn].Cc1cccnc1Cc1nc2c(N)nc(-c3ncco3)c(C)n2n1.[B].[U].[U].[U]. The number of nitrogens with zero attached hydrogens (tertiary/aromatic N) is 24. The fourth-order valence-electron chi connectivity index (χ4n) is 13.7. The van der Waals surface area contributed by atoms with E-state index in [0.717, 1.165) is 90.5 Å². The van der Waals surface area contributed by atoms with Gasteiger partial charge in [0.05, 0.1) is 132 Å². The molecule has 0 unspecified atom stereocenters. The van der Waals surface area contributed by atoms with Gasteiger partial charge < -0.3 is 67.8 Å². The number of anilines is 4. The number of hydrogen-bond donors (Lipinski definition) is 4. The topological polar surface area (TPSA) is 445 Å². The van der Waals surface area contributed by atoms with Crippen LogP contribution in [0.25, 0.3) is 68.9 Å². The third-order valence-electron chi connectivity index (χ3n) is 20.8. The van der Waals surface area contributed by atoms with E-state index in [1.165, 1.54) is 56.9 Å². The third-order valence-corrected chi connectivity index (χ3v) is 22.6. The van der Waals surface area contributed by atoms with E-state index in [-0.39, 0.29) is 113 Å². The number of ether oxygens (including phenoxy) is 6. The van der Waals surface area contributed by atoms with Crippen molar-refractivity contribution in [2.24, 2.45) is 0 Å². The van der Waals surface area contributed by atoms with Gasteiger partial charge in [0.2, 0.25) is 23.6 Å². The predicted octanol–water partition coefficient (Wildman–Crippen LogP) is 13.2. The van der Waals surface area contributed by atoms with Crippen molar-refractivity contribution in [3.63, 3.8) is 0 Å². The Morgan fingerprint density at radius 3 is 0.911 bits per heavy atom. The molecule has 0 atom stereocenters. The summed E-state index contributed by atoms with van der Waals surface area (Å²) in [5, 5.41) is 28.6. The predicted molar refractivity (Wildman–Crippen MR) is 494 cm³/mol. The van der Waals surface area contributed by atoms with Crippen LogP contribution in [0.2, 0.25) is 0 Å². The Kier molecular flexibility index (Phi) is 36.8. The second kappa shape index (κ2) is 48.2. The molecule has 0 spiro atoms. The number of rotatable bonds is 26. The van der Waals surface area contributed by atoms with Crippen molar-refractivity contribution in [1.29, 1.82) is 0 Å². The molecule has 0 aliphatic heterocycles. The monoisotopic (exact) mass is 2610 g/mol.